The highest BCUT2D eigenvalue weighted by Crippen LogP contribution is 2.21. The number of piperidine rings is 1. The maximum atomic E-state index is 12.3. The number of aliphatic hydroxyl groups is 1. The predicted octanol–water partition coefficient (Wildman–Crippen LogP) is 4.15. The molecule has 0 aliphatic carbocycles. The fraction of sp³-hybridized carbons (Fsp3) is 0.810. The molecule has 1 heterocycles. The van der Waals surface area contributed by atoms with Gasteiger partial charge in [-0.05, 0) is 38.0 Å². The van der Waals surface area contributed by atoms with Gasteiger partial charge in [0.15, 0.2) is 0 Å². The molecule has 1 aliphatic rings. The number of hydrogen-bond acceptors (Lipinski definition) is 3. The van der Waals surface area contributed by atoms with Gasteiger partial charge in [-0.3, -0.25) is 9.59 Å². The van der Waals surface area contributed by atoms with Crippen LogP contribution in [0.3, 0.4) is 0 Å². The quantitative estimate of drug-likeness (QED) is 0.379. The minimum atomic E-state index is -0.742. The van der Waals surface area contributed by atoms with E-state index in [4.69, 9.17) is 5.11 Å². The van der Waals surface area contributed by atoms with Crippen molar-refractivity contribution in [3.63, 3.8) is 0 Å². The molecule has 0 saturated carbocycles. The van der Waals surface area contributed by atoms with Crippen molar-refractivity contribution in [1.82, 2.24) is 4.90 Å². The molecule has 0 spiro atoms. The van der Waals surface area contributed by atoms with Crippen LogP contribution in [0.4, 0.5) is 0 Å². The molecule has 2 atom stereocenters. The number of carboxylic acid groups (broad SMARTS) is 1. The first-order valence-corrected chi connectivity index (χ1v) is 10.3. The Balaban J connectivity index is 2.37. The van der Waals surface area contributed by atoms with Crippen LogP contribution in [0.1, 0.15) is 84.5 Å². The number of aliphatic hydroxyl groups excluding tert-OH is 1. The molecular weight excluding hydrogens is 330 g/mol. The van der Waals surface area contributed by atoms with Gasteiger partial charge >= 0.3 is 5.97 Å². The normalized spacial score (nSPS) is 19.5. The fourth-order valence-electron chi connectivity index (χ4n) is 3.44. The average Bonchev–Trinajstić information content (AvgIpc) is 2.57. The number of amides is 1. The van der Waals surface area contributed by atoms with Crippen molar-refractivity contribution in [1.29, 1.82) is 0 Å². The maximum absolute atomic E-state index is 12.3. The van der Waals surface area contributed by atoms with E-state index in [0.29, 0.717) is 18.8 Å². The topological polar surface area (TPSA) is 77.8 Å². The number of carbonyl (C=O) groups excluding carboxylic acids is 1. The van der Waals surface area contributed by atoms with E-state index in [2.05, 4.69) is 13.8 Å². The molecule has 1 aliphatic heterocycles. The fourth-order valence-corrected chi connectivity index (χ4v) is 3.44. The molecule has 1 amide bonds. The van der Waals surface area contributed by atoms with Gasteiger partial charge in [0.2, 0.25) is 5.91 Å². The third-order valence-corrected chi connectivity index (χ3v) is 4.99. The van der Waals surface area contributed by atoms with E-state index < -0.39 is 12.1 Å². The summed E-state index contributed by atoms with van der Waals surface area (Å²) in [6, 6.07) is 0.0926. The summed E-state index contributed by atoms with van der Waals surface area (Å²) < 4.78 is 0. The molecule has 5 nitrogen and oxygen atoms in total. The molecule has 1 saturated heterocycles. The van der Waals surface area contributed by atoms with E-state index in [0.717, 1.165) is 57.9 Å². The van der Waals surface area contributed by atoms with Gasteiger partial charge in [-0.2, -0.15) is 0 Å². The van der Waals surface area contributed by atoms with Crippen molar-refractivity contribution in [2.45, 2.75) is 96.6 Å². The first-order chi connectivity index (χ1) is 12.4. The summed E-state index contributed by atoms with van der Waals surface area (Å²) in [7, 11) is 0. The molecule has 0 aromatic rings. The minimum Gasteiger partial charge on any atom is -0.481 e. The zero-order valence-corrected chi connectivity index (χ0v) is 16.5. The molecule has 2 N–H and O–H groups in total. The standard InChI is InChI=1S/C21H37NO4/c1-17(2)9-7-11-19(23)15-14-18-10-8-12-20(24)22(18)16-6-4-3-5-13-21(25)26/h14-15,17-19,23H,3-13,16H2,1-2H3,(H,25,26)/t18-,19?/m1/s1. The van der Waals surface area contributed by atoms with Gasteiger partial charge in [-0.25, -0.2) is 0 Å². The summed E-state index contributed by atoms with van der Waals surface area (Å²) >= 11 is 0. The molecule has 1 unspecified atom stereocenters. The predicted molar refractivity (Wildman–Crippen MR) is 104 cm³/mol. The van der Waals surface area contributed by atoms with Crippen LogP contribution in [0.15, 0.2) is 12.2 Å². The molecule has 0 aromatic heterocycles. The number of unbranched alkanes of at least 4 members (excludes halogenated alkanes) is 3. The molecule has 5 heteroatoms. The van der Waals surface area contributed by atoms with E-state index in [-0.39, 0.29) is 18.4 Å². The highest BCUT2D eigenvalue weighted by atomic mass is 16.4. The highest BCUT2D eigenvalue weighted by Gasteiger charge is 2.25. The smallest absolute Gasteiger partial charge is 0.303 e. The van der Waals surface area contributed by atoms with Gasteiger partial charge in [-0.1, -0.05) is 51.7 Å². The van der Waals surface area contributed by atoms with Crippen LogP contribution in [0.2, 0.25) is 0 Å². The van der Waals surface area contributed by atoms with Crippen LogP contribution < -0.4 is 0 Å². The van der Waals surface area contributed by atoms with E-state index >= 15 is 0 Å². The Morgan fingerprint density at radius 3 is 2.62 bits per heavy atom. The Bertz CT molecular complexity index is 447. The van der Waals surface area contributed by atoms with Crippen molar-refractivity contribution in [2.24, 2.45) is 5.92 Å². The van der Waals surface area contributed by atoms with Crippen molar-refractivity contribution in [3.8, 4) is 0 Å². The second-order valence-corrected chi connectivity index (χ2v) is 7.88. The summed E-state index contributed by atoms with van der Waals surface area (Å²) in [5, 5.41) is 18.8. The molecular formula is C21H37NO4. The van der Waals surface area contributed by atoms with Gasteiger partial charge in [0.1, 0.15) is 0 Å². The van der Waals surface area contributed by atoms with Crippen molar-refractivity contribution >= 4 is 11.9 Å². The summed E-state index contributed by atoms with van der Waals surface area (Å²) in [6.07, 6.45) is 12.5. The van der Waals surface area contributed by atoms with E-state index in [1.807, 2.05) is 17.1 Å². The first-order valence-electron chi connectivity index (χ1n) is 10.3. The van der Waals surface area contributed by atoms with Gasteiger partial charge in [-0.15, -0.1) is 0 Å². The second kappa shape index (κ2) is 12.9. The molecule has 1 fully saturated rings. The summed E-state index contributed by atoms with van der Waals surface area (Å²) in [5.41, 5.74) is 0. The van der Waals surface area contributed by atoms with Gasteiger partial charge < -0.3 is 15.1 Å². The minimum absolute atomic E-state index is 0.0926. The van der Waals surface area contributed by atoms with Gasteiger partial charge in [0.25, 0.3) is 0 Å². The van der Waals surface area contributed by atoms with Crippen molar-refractivity contribution in [2.75, 3.05) is 6.54 Å². The van der Waals surface area contributed by atoms with Crippen LogP contribution in [-0.4, -0.2) is 45.7 Å². The van der Waals surface area contributed by atoms with Crippen LogP contribution in [0.5, 0.6) is 0 Å². The lowest BCUT2D eigenvalue weighted by Crippen LogP contribution is -2.43. The summed E-state index contributed by atoms with van der Waals surface area (Å²) in [4.78, 5) is 24.7. The monoisotopic (exact) mass is 367 g/mol. The number of nitrogens with zero attached hydrogens (tertiary/aromatic N) is 1. The van der Waals surface area contributed by atoms with Crippen LogP contribution in [0.25, 0.3) is 0 Å². The maximum Gasteiger partial charge on any atom is 0.303 e. The molecule has 26 heavy (non-hydrogen) atoms. The van der Waals surface area contributed by atoms with Gasteiger partial charge in [0.05, 0.1) is 12.1 Å². The third-order valence-electron chi connectivity index (χ3n) is 4.99. The number of likely N-dealkylation sites (tertiary alicyclic amines) is 1. The summed E-state index contributed by atoms with van der Waals surface area (Å²) in [6.45, 7) is 5.11. The Labute approximate surface area is 158 Å². The van der Waals surface area contributed by atoms with Crippen molar-refractivity contribution < 1.29 is 19.8 Å². The number of carbonyl (C=O) groups is 2. The van der Waals surface area contributed by atoms with Crippen LogP contribution in [0, 0.1) is 5.92 Å². The Hall–Kier alpha value is -1.36. The lowest BCUT2D eigenvalue weighted by molar-refractivity contribution is -0.137. The SMILES string of the molecule is CC(C)CCCC(O)C=C[C@H]1CCCC(=O)N1CCCCCCC(=O)O. The third kappa shape index (κ3) is 9.95. The van der Waals surface area contributed by atoms with Gasteiger partial charge in [0, 0.05) is 19.4 Å². The molecule has 0 aromatic carbocycles. The zero-order chi connectivity index (χ0) is 19.4. The molecule has 0 bridgehead atoms. The van der Waals surface area contributed by atoms with Crippen molar-refractivity contribution in [3.05, 3.63) is 12.2 Å². The molecule has 0 radical (unpaired) electrons. The number of carboxylic acids is 1. The van der Waals surface area contributed by atoms with E-state index in [1.165, 1.54) is 0 Å². The molecule has 150 valence electrons. The lowest BCUT2D eigenvalue weighted by atomic mass is 9.98. The van der Waals surface area contributed by atoms with E-state index in [9.17, 15) is 14.7 Å². The summed E-state index contributed by atoms with van der Waals surface area (Å²) in [5.74, 6) is 0.118. The second-order valence-electron chi connectivity index (χ2n) is 7.88. The first kappa shape index (κ1) is 22.7. The number of hydrogen-bond donors (Lipinski definition) is 2. The van der Waals surface area contributed by atoms with Crippen LogP contribution in [-0.2, 0) is 9.59 Å². The zero-order valence-electron chi connectivity index (χ0n) is 16.5. The van der Waals surface area contributed by atoms with E-state index in [1.54, 1.807) is 0 Å². The number of rotatable bonds is 13. The number of aliphatic carboxylic acids is 1. The molecule has 1 rings (SSSR count). The largest absolute Gasteiger partial charge is 0.481 e. The Kier molecular flexibility index (Phi) is 11.3. The Morgan fingerprint density at radius 2 is 1.92 bits per heavy atom. The van der Waals surface area contributed by atoms with Crippen LogP contribution >= 0.6 is 0 Å². The highest BCUT2D eigenvalue weighted by molar-refractivity contribution is 5.77. The Morgan fingerprint density at radius 1 is 1.19 bits per heavy atom. The average molecular weight is 368 g/mol. The lowest BCUT2D eigenvalue weighted by Gasteiger charge is -2.34.